The summed E-state index contributed by atoms with van der Waals surface area (Å²) in [6.07, 6.45) is 2.10. The van der Waals surface area contributed by atoms with Gasteiger partial charge in [-0.2, -0.15) is 5.26 Å². The van der Waals surface area contributed by atoms with Crippen LogP contribution in [-0.4, -0.2) is 17.2 Å². The third kappa shape index (κ3) is 2.40. The number of benzene rings is 1. The van der Waals surface area contributed by atoms with Crippen LogP contribution in [0.15, 0.2) is 34.1 Å². The number of H-pyrrole nitrogens is 1. The quantitative estimate of drug-likeness (QED) is 0.844. The SMILES string of the molecule is Cc1[nH]c(=O)c(C#N)cc1-c1ccc2c(c1)CC=NC(=O)N2. The number of nitrogens with zero attached hydrogens (tertiary/aromatic N) is 2. The highest BCUT2D eigenvalue weighted by atomic mass is 16.2. The van der Waals surface area contributed by atoms with Crippen LogP contribution in [-0.2, 0) is 6.42 Å². The Balaban J connectivity index is 2.13. The summed E-state index contributed by atoms with van der Waals surface area (Å²) in [5.41, 5.74) is 3.67. The first-order valence-electron chi connectivity index (χ1n) is 6.69. The zero-order chi connectivity index (χ0) is 15.7. The Bertz CT molecular complexity index is 903. The lowest BCUT2D eigenvalue weighted by Gasteiger charge is -2.11. The van der Waals surface area contributed by atoms with E-state index in [1.807, 2.05) is 18.2 Å². The molecule has 1 aromatic heterocycles. The minimum Gasteiger partial charge on any atom is -0.325 e. The molecule has 2 N–H and O–H groups in total. The molecule has 1 aliphatic heterocycles. The van der Waals surface area contributed by atoms with E-state index >= 15 is 0 Å². The van der Waals surface area contributed by atoms with Gasteiger partial charge in [-0.15, -0.1) is 0 Å². The molecule has 2 aromatic rings. The Labute approximate surface area is 126 Å². The van der Waals surface area contributed by atoms with Crippen molar-refractivity contribution in [3.63, 3.8) is 0 Å². The van der Waals surface area contributed by atoms with E-state index in [1.165, 1.54) is 0 Å². The van der Waals surface area contributed by atoms with Gasteiger partial charge < -0.3 is 10.3 Å². The molecule has 2 heterocycles. The van der Waals surface area contributed by atoms with Crippen molar-refractivity contribution >= 4 is 17.9 Å². The number of carbonyl (C=O) groups excluding carboxylic acids is 1. The Morgan fingerprint density at radius 1 is 1.27 bits per heavy atom. The molecular weight excluding hydrogens is 280 g/mol. The summed E-state index contributed by atoms with van der Waals surface area (Å²) in [4.78, 5) is 29.4. The van der Waals surface area contributed by atoms with E-state index in [1.54, 1.807) is 25.3 Å². The van der Waals surface area contributed by atoms with Gasteiger partial charge in [0.15, 0.2) is 0 Å². The fourth-order valence-electron chi connectivity index (χ4n) is 2.43. The average Bonchev–Trinajstić information content (AvgIpc) is 2.67. The third-order valence-electron chi connectivity index (χ3n) is 3.54. The van der Waals surface area contributed by atoms with E-state index < -0.39 is 11.6 Å². The standard InChI is InChI=1S/C16H12N4O2/c1-9-13(7-12(8-17)15(21)19-9)10-2-3-14-11(6-10)4-5-18-16(22)20-14/h2-3,5-7H,4H2,1H3,(H,19,21)(H,20,22). The van der Waals surface area contributed by atoms with Gasteiger partial charge in [0.1, 0.15) is 11.6 Å². The monoisotopic (exact) mass is 292 g/mol. The maximum absolute atomic E-state index is 11.6. The second kappa shape index (κ2) is 5.30. The topological polar surface area (TPSA) is 98.1 Å². The number of anilines is 1. The van der Waals surface area contributed by atoms with Crippen molar-refractivity contribution in [2.45, 2.75) is 13.3 Å². The Kier molecular flexibility index (Phi) is 3.31. The summed E-state index contributed by atoms with van der Waals surface area (Å²) in [5.74, 6) is 0. The van der Waals surface area contributed by atoms with Gasteiger partial charge in [-0.05, 0) is 36.2 Å². The summed E-state index contributed by atoms with van der Waals surface area (Å²) in [6, 6.07) is 8.65. The van der Waals surface area contributed by atoms with Crippen LogP contribution in [0.3, 0.4) is 0 Å². The van der Waals surface area contributed by atoms with Crippen LogP contribution in [0.2, 0.25) is 0 Å². The van der Waals surface area contributed by atoms with E-state index in [9.17, 15) is 9.59 Å². The van der Waals surface area contributed by atoms with Gasteiger partial charge in [-0.25, -0.2) is 9.79 Å². The number of carbonyl (C=O) groups is 1. The van der Waals surface area contributed by atoms with Gasteiger partial charge >= 0.3 is 6.03 Å². The molecule has 0 aliphatic carbocycles. The number of nitrogens with one attached hydrogen (secondary N) is 2. The van der Waals surface area contributed by atoms with Crippen molar-refractivity contribution in [1.29, 1.82) is 5.26 Å². The Hall–Kier alpha value is -3.20. The van der Waals surface area contributed by atoms with Gasteiger partial charge in [-0.3, -0.25) is 4.79 Å². The summed E-state index contributed by atoms with van der Waals surface area (Å²) < 4.78 is 0. The fourth-order valence-corrected chi connectivity index (χ4v) is 2.43. The number of nitriles is 1. The molecule has 0 spiro atoms. The third-order valence-corrected chi connectivity index (χ3v) is 3.54. The van der Waals surface area contributed by atoms with E-state index in [2.05, 4.69) is 15.3 Å². The average molecular weight is 292 g/mol. The predicted molar refractivity (Wildman–Crippen MR) is 83.2 cm³/mol. The molecule has 2 amide bonds. The van der Waals surface area contributed by atoms with E-state index in [0.717, 1.165) is 16.7 Å². The lowest BCUT2D eigenvalue weighted by atomic mass is 9.98. The first-order chi connectivity index (χ1) is 10.6. The number of urea groups is 1. The Morgan fingerprint density at radius 2 is 2.09 bits per heavy atom. The normalized spacial score (nSPS) is 13.0. The second-order valence-electron chi connectivity index (χ2n) is 4.98. The lowest BCUT2D eigenvalue weighted by Crippen LogP contribution is -2.12. The number of rotatable bonds is 1. The lowest BCUT2D eigenvalue weighted by molar-refractivity contribution is 0.260. The number of aromatic nitrogens is 1. The summed E-state index contributed by atoms with van der Waals surface area (Å²) in [7, 11) is 0. The summed E-state index contributed by atoms with van der Waals surface area (Å²) in [6.45, 7) is 1.78. The molecular formula is C16H12N4O2. The van der Waals surface area contributed by atoms with Crippen molar-refractivity contribution in [3.05, 3.63) is 51.4 Å². The van der Waals surface area contributed by atoms with Crippen LogP contribution >= 0.6 is 0 Å². The van der Waals surface area contributed by atoms with Crippen LogP contribution in [0.5, 0.6) is 0 Å². The predicted octanol–water partition coefficient (Wildman–Crippen LogP) is 2.38. The van der Waals surface area contributed by atoms with E-state index in [0.29, 0.717) is 17.8 Å². The molecule has 0 unspecified atom stereocenters. The summed E-state index contributed by atoms with van der Waals surface area (Å²) in [5, 5.41) is 11.7. The number of aryl methyl sites for hydroxylation is 1. The second-order valence-corrected chi connectivity index (χ2v) is 4.98. The molecule has 0 bridgehead atoms. The molecule has 0 atom stereocenters. The zero-order valence-electron chi connectivity index (χ0n) is 11.8. The van der Waals surface area contributed by atoms with Gasteiger partial charge in [0, 0.05) is 29.6 Å². The number of aliphatic imine (C=N–C) groups is 1. The molecule has 0 saturated carbocycles. The molecule has 1 aromatic carbocycles. The van der Waals surface area contributed by atoms with Gasteiger partial charge in [-0.1, -0.05) is 6.07 Å². The largest absolute Gasteiger partial charge is 0.345 e. The minimum atomic E-state index is -0.391. The highest BCUT2D eigenvalue weighted by Crippen LogP contribution is 2.28. The highest BCUT2D eigenvalue weighted by molar-refractivity contribution is 5.98. The molecule has 0 saturated heterocycles. The van der Waals surface area contributed by atoms with Gasteiger partial charge in [0.2, 0.25) is 0 Å². The van der Waals surface area contributed by atoms with E-state index in [-0.39, 0.29) is 5.56 Å². The highest BCUT2D eigenvalue weighted by Gasteiger charge is 2.13. The number of fused-ring (bicyclic) bond motifs is 1. The molecule has 6 nitrogen and oxygen atoms in total. The van der Waals surface area contributed by atoms with Crippen molar-refractivity contribution in [1.82, 2.24) is 4.98 Å². The van der Waals surface area contributed by atoms with E-state index in [4.69, 9.17) is 5.26 Å². The van der Waals surface area contributed by atoms with Gasteiger partial charge in [0.05, 0.1) is 0 Å². The molecule has 3 rings (SSSR count). The fraction of sp³-hybridized carbons (Fsp3) is 0.125. The molecule has 0 fully saturated rings. The first kappa shape index (κ1) is 13.8. The number of hydrogen-bond acceptors (Lipinski definition) is 3. The van der Waals surface area contributed by atoms with Crippen molar-refractivity contribution in [2.24, 2.45) is 4.99 Å². The van der Waals surface area contributed by atoms with Crippen LogP contribution in [0.25, 0.3) is 11.1 Å². The first-order valence-corrected chi connectivity index (χ1v) is 6.69. The number of hydrogen-bond donors (Lipinski definition) is 2. The smallest absolute Gasteiger partial charge is 0.325 e. The van der Waals surface area contributed by atoms with Crippen LogP contribution < -0.4 is 10.9 Å². The minimum absolute atomic E-state index is 0.0745. The molecule has 0 radical (unpaired) electrons. The number of pyridine rings is 1. The van der Waals surface area contributed by atoms with Crippen molar-refractivity contribution in [3.8, 4) is 17.2 Å². The van der Waals surface area contributed by atoms with Crippen molar-refractivity contribution < 1.29 is 4.79 Å². The molecule has 22 heavy (non-hydrogen) atoms. The number of amides is 2. The maximum Gasteiger partial charge on any atom is 0.345 e. The molecule has 1 aliphatic rings. The molecule has 6 heteroatoms. The van der Waals surface area contributed by atoms with Gasteiger partial charge in [0.25, 0.3) is 5.56 Å². The maximum atomic E-state index is 11.6. The zero-order valence-corrected chi connectivity index (χ0v) is 11.8. The van der Waals surface area contributed by atoms with Crippen molar-refractivity contribution in [2.75, 3.05) is 5.32 Å². The molecule has 108 valence electrons. The number of aromatic amines is 1. The Morgan fingerprint density at radius 3 is 2.86 bits per heavy atom. The van der Waals surface area contributed by atoms with Crippen LogP contribution in [0.4, 0.5) is 10.5 Å². The summed E-state index contributed by atoms with van der Waals surface area (Å²) >= 11 is 0. The van der Waals surface area contributed by atoms with Crippen LogP contribution in [0, 0.1) is 18.3 Å². The van der Waals surface area contributed by atoms with Crippen LogP contribution in [0.1, 0.15) is 16.8 Å².